The van der Waals surface area contributed by atoms with Crippen molar-refractivity contribution in [2.24, 2.45) is 17.8 Å². The lowest BCUT2D eigenvalue weighted by molar-refractivity contribution is 0.175. The van der Waals surface area contributed by atoms with Crippen LogP contribution >= 0.6 is 0 Å². The van der Waals surface area contributed by atoms with Crippen LogP contribution in [0.4, 0.5) is 0 Å². The normalized spacial score (nSPS) is 28.2. The molecule has 0 radical (unpaired) electrons. The van der Waals surface area contributed by atoms with Crippen molar-refractivity contribution in [2.75, 3.05) is 0 Å². The van der Waals surface area contributed by atoms with Crippen molar-refractivity contribution in [2.45, 2.75) is 66.7 Å². The summed E-state index contributed by atoms with van der Waals surface area (Å²) in [6.45, 7) is 11.1. The maximum absolute atomic E-state index is 2.39. The van der Waals surface area contributed by atoms with E-state index < -0.39 is 0 Å². The van der Waals surface area contributed by atoms with Gasteiger partial charge in [-0.2, -0.15) is 0 Å². The minimum absolute atomic E-state index is 0.917. The number of hydrogen-bond acceptors (Lipinski definition) is 0. The van der Waals surface area contributed by atoms with Crippen LogP contribution in [0.2, 0.25) is 0 Å². The third-order valence-corrected chi connectivity index (χ3v) is 3.35. The molecule has 0 aromatic rings. The summed E-state index contributed by atoms with van der Waals surface area (Å²) in [4.78, 5) is 0. The van der Waals surface area contributed by atoms with E-state index in [-0.39, 0.29) is 0 Å². The lowest BCUT2D eigenvalue weighted by Crippen LogP contribution is -2.23. The average Bonchev–Trinajstić information content (AvgIpc) is 2.20. The van der Waals surface area contributed by atoms with Crippen LogP contribution in [0.1, 0.15) is 66.7 Å². The van der Waals surface area contributed by atoms with E-state index in [0.717, 1.165) is 17.8 Å². The molecule has 1 fully saturated rings. The van der Waals surface area contributed by atoms with E-state index in [1.54, 1.807) is 0 Å². The largest absolute Gasteiger partial charge is 0.0683 e. The molecule has 1 saturated carbocycles. The maximum Gasteiger partial charge on any atom is -0.0363 e. The van der Waals surface area contributed by atoms with E-state index in [2.05, 4.69) is 20.8 Å². The Morgan fingerprint density at radius 2 is 1.62 bits per heavy atom. The van der Waals surface area contributed by atoms with Crippen LogP contribution in [0.5, 0.6) is 0 Å². The summed E-state index contributed by atoms with van der Waals surface area (Å²) in [6, 6.07) is 0. The molecule has 0 heterocycles. The highest BCUT2D eigenvalue weighted by Crippen LogP contribution is 2.36. The minimum atomic E-state index is 0.917. The van der Waals surface area contributed by atoms with Crippen LogP contribution < -0.4 is 0 Å². The van der Waals surface area contributed by atoms with Gasteiger partial charge < -0.3 is 0 Å². The zero-order chi connectivity index (χ0) is 10.3. The summed E-state index contributed by atoms with van der Waals surface area (Å²) in [5.74, 6) is 3.00. The van der Waals surface area contributed by atoms with Crippen molar-refractivity contribution in [3.8, 4) is 0 Å². The molecular weight excluding hydrogens is 156 g/mol. The Kier molecular flexibility index (Phi) is 7.41. The van der Waals surface area contributed by atoms with Gasteiger partial charge in [0, 0.05) is 0 Å². The van der Waals surface area contributed by atoms with Crippen LogP contribution in [-0.2, 0) is 0 Å². The Balaban J connectivity index is 0.000000671. The SMILES string of the molecule is CC.CCC1CCCCC1C(C)C. The fourth-order valence-corrected chi connectivity index (χ4v) is 2.62. The Hall–Kier alpha value is 0. The fraction of sp³-hybridized carbons (Fsp3) is 1.00. The van der Waals surface area contributed by atoms with Gasteiger partial charge in [0.1, 0.15) is 0 Å². The van der Waals surface area contributed by atoms with Gasteiger partial charge in [0.2, 0.25) is 0 Å². The van der Waals surface area contributed by atoms with Gasteiger partial charge in [-0.1, -0.05) is 60.3 Å². The summed E-state index contributed by atoms with van der Waals surface area (Å²) in [5.41, 5.74) is 0. The van der Waals surface area contributed by atoms with Crippen LogP contribution in [0.3, 0.4) is 0 Å². The Labute approximate surface area is 85.1 Å². The van der Waals surface area contributed by atoms with Crippen molar-refractivity contribution in [3.63, 3.8) is 0 Å². The molecule has 0 N–H and O–H groups in total. The maximum atomic E-state index is 2.39. The van der Waals surface area contributed by atoms with E-state index in [0.29, 0.717) is 0 Å². The number of hydrogen-bond donors (Lipinski definition) is 0. The molecule has 13 heavy (non-hydrogen) atoms. The van der Waals surface area contributed by atoms with Gasteiger partial charge in [0.15, 0.2) is 0 Å². The van der Waals surface area contributed by atoms with Gasteiger partial charge in [-0.15, -0.1) is 0 Å². The summed E-state index contributed by atoms with van der Waals surface area (Å²) < 4.78 is 0. The third kappa shape index (κ3) is 4.15. The summed E-state index contributed by atoms with van der Waals surface area (Å²) >= 11 is 0. The first-order valence-corrected chi connectivity index (χ1v) is 6.25. The highest BCUT2D eigenvalue weighted by molar-refractivity contribution is 4.76. The summed E-state index contributed by atoms with van der Waals surface area (Å²) in [6.07, 6.45) is 7.37. The predicted molar refractivity (Wildman–Crippen MR) is 61.9 cm³/mol. The van der Waals surface area contributed by atoms with Crippen LogP contribution in [0.15, 0.2) is 0 Å². The first-order chi connectivity index (χ1) is 6.25. The summed E-state index contributed by atoms with van der Waals surface area (Å²) in [7, 11) is 0. The topological polar surface area (TPSA) is 0 Å². The second kappa shape index (κ2) is 7.41. The molecule has 80 valence electrons. The zero-order valence-corrected chi connectivity index (χ0v) is 10.3. The van der Waals surface area contributed by atoms with Crippen molar-refractivity contribution in [1.29, 1.82) is 0 Å². The van der Waals surface area contributed by atoms with Crippen molar-refractivity contribution in [1.82, 2.24) is 0 Å². The molecule has 0 saturated heterocycles. The highest BCUT2D eigenvalue weighted by atomic mass is 14.3. The van der Waals surface area contributed by atoms with E-state index in [1.807, 2.05) is 13.8 Å². The van der Waals surface area contributed by atoms with Gasteiger partial charge in [-0.05, 0) is 24.2 Å². The number of rotatable bonds is 2. The van der Waals surface area contributed by atoms with Gasteiger partial charge >= 0.3 is 0 Å². The molecule has 1 rings (SSSR count). The van der Waals surface area contributed by atoms with Crippen molar-refractivity contribution >= 4 is 0 Å². The molecule has 2 atom stereocenters. The third-order valence-electron chi connectivity index (χ3n) is 3.35. The first-order valence-electron chi connectivity index (χ1n) is 6.25. The fourth-order valence-electron chi connectivity index (χ4n) is 2.62. The quantitative estimate of drug-likeness (QED) is 0.573. The smallest absolute Gasteiger partial charge is 0.0363 e. The molecule has 0 aromatic heterocycles. The Morgan fingerprint density at radius 1 is 1.08 bits per heavy atom. The highest BCUT2D eigenvalue weighted by Gasteiger charge is 2.25. The lowest BCUT2D eigenvalue weighted by Gasteiger charge is -2.33. The standard InChI is InChI=1S/C11H22.C2H6/c1-4-10-7-5-6-8-11(10)9(2)3;1-2/h9-11H,4-8H2,1-3H3;1-2H3. The Bertz CT molecular complexity index is 105. The van der Waals surface area contributed by atoms with Gasteiger partial charge in [-0.25, -0.2) is 0 Å². The van der Waals surface area contributed by atoms with Gasteiger partial charge in [-0.3, -0.25) is 0 Å². The minimum Gasteiger partial charge on any atom is -0.0683 e. The van der Waals surface area contributed by atoms with Crippen LogP contribution in [0, 0.1) is 17.8 Å². The van der Waals surface area contributed by atoms with Crippen LogP contribution in [-0.4, -0.2) is 0 Å². The molecule has 2 unspecified atom stereocenters. The monoisotopic (exact) mass is 184 g/mol. The van der Waals surface area contributed by atoms with E-state index in [1.165, 1.54) is 32.1 Å². The predicted octanol–water partition coefficient (Wildman–Crippen LogP) is 4.89. The Morgan fingerprint density at radius 3 is 2.00 bits per heavy atom. The zero-order valence-electron chi connectivity index (χ0n) is 10.3. The lowest BCUT2D eigenvalue weighted by atomic mass is 9.72. The second-order valence-corrected chi connectivity index (χ2v) is 4.36. The van der Waals surface area contributed by atoms with Crippen molar-refractivity contribution in [3.05, 3.63) is 0 Å². The van der Waals surface area contributed by atoms with E-state index >= 15 is 0 Å². The van der Waals surface area contributed by atoms with Crippen molar-refractivity contribution < 1.29 is 0 Å². The van der Waals surface area contributed by atoms with Crippen LogP contribution in [0.25, 0.3) is 0 Å². The first kappa shape index (κ1) is 13.0. The molecule has 0 aromatic carbocycles. The molecule has 0 spiro atoms. The molecular formula is C13H28. The molecule has 1 aliphatic carbocycles. The van der Waals surface area contributed by atoms with E-state index in [9.17, 15) is 0 Å². The molecule has 0 aliphatic heterocycles. The van der Waals surface area contributed by atoms with E-state index in [4.69, 9.17) is 0 Å². The second-order valence-electron chi connectivity index (χ2n) is 4.36. The average molecular weight is 184 g/mol. The summed E-state index contributed by atoms with van der Waals surface area (Å²) in [5, 5.41) is 0. The molecule has 0 amide bonds. The molecule has 0 nitrogen and oxygen atoms in total. The molecule has 0 bridgehead atoms. The molecule has 0 heteroatoms. The van der Waals surface area contributed by atoms with Gasteiger partial charge in [0.25, 0.3) is 0 Å². The molecule has 1 aliphatic rings. The van der Waals surface area contributed by atoms with Gasteiger partial charge in [0.05, 0.1) is 0 Å².